The van der Waals surface area contributed by atoms with Crippen molar-refractivity contribution in [3.8, 4) is 23.0 Å². The predicted molar refractivity (Wildman–Crippen MR) is 110 cm³/mol. The number of aryl methyl sites for hydroxylation is 1. The number of likely N-dealkylation sites (tertiary alicyclic amines) is 1. The molecule has 0 unspecified atom stereocenters. The van der Waals surface area contributed by atoms with Crippen LogP contribution >= 0.6 is 0 Å². The van der Waals surface area contributed by atoms with Gasteiger partial charge in [-0.2, -0.15) is 0 Å². The topological polar surface area (TPSA) is 119 Å². The Morgan fingerprint density at radius 2 is 1.73 bits per heavy atom. The molecule has 2 amide bonds. The summed E-state index contributed by atoms with van der Waals surface area (Å²) in [6, 6.07) is 9.69. The first-order valence-corrected chi connectivity index (χ1v) is 9.93. The number of ether oxygens (including phenoxy) is 1. The van der Waals surface area contributed by atoms with Crippen LogP contribution in [-0.2, 0) is 11.2 Å². The number of carbonyl (C=O) groups is 2. The van der Waals surface area contributed by atoms with Gasteiger partial charge in [0.1, 0.15) is 5.75 Å². The monoisotopic (exact) mass is 414 g/mol. The maximum Gasteiger partial charge on any atom is 0.260 e. The molecule has 4 N–H and O–H groups in total. The van der Waals surface area contributed by atoms with Crippen LogP contribution in [0.3, 0.4) is 0 Å². The molecule has 0 spiro atoms. The van der Waals surface area contributed by atoms with Gasteiger partial charge in [0.15, 0.2) is 23.9 Å². The highest BCUT2D eigenvalue weighted by Gasteiger charge is 2.25. The van der Waals surface area contributed by atoms with Gasteiger partial charge in [-0.3, -0.25) is 9.59 Å². The number of benzene rings is 2. The first kappa shape index (κ1) is 21.3. The van der Waals surface area contributed by atoms with E-state index in [2.05, 4.69) is 5.32 Å². The molecule has 0 atom stereocenters. The van der Waals surface area contributed by atoms with Crippen LogP contribution in [0.1, 0.15) is 35.7 Å². The Hall–Kier alpha value is -3.42. The quantitative estimate of drug-likeness (QED) is 0.538. The summed E-state index contributed by atoms with van der Waals surface area (Å²) in [5.74, 6) is -1.64. The molecule has 1 heterocycles. The van der Waals surface area contributed by atoms with E-state index in [1.54, 1.807) is 4.90 Å². The van der Waals surface area contributed by atoms with E-state index < -0.39 is 23.2 Å². The van der Waals surface area contributed by atoms with Crippen molar-refractivity contribution in [1.29, 1.82) is 0 Å². The average Bonchev–Trinajstić information content (AvgIpc) is 2.76. The number of piperidine rings is 1. The van der Waals surface area contributed by atoms with Crippen molar-refractivity contribution in [3.63, 3.8) is 0 Å². The van der Waals surface area contributed by atoms with Crippen LogP contribution in [0.4, 0.5) is 0 Å². The Bertz CT molecular complexity index is 899. The lowest BCUT2D eigenvalue weighted by Crippen LogP contribution is -2.47. The molecule has 30 heavy (non-hydrogen) atoms. The predicted octanol–water partition coefficient (Wildman–Crippen LogP) is 2.17. The number of phenols is 3. The second-order valence-corrected chi connectivity index (χ2v) is 7.24. The Balaban J connectivity index is 1.48. The zero-order valence-corrected chi connectivity index (χ0v) is 16.8. The Labute approximate surface area is 174 Å². The Kier molecular flexibility index (Phi) is 6.66. The number of hydrogen-bond donors (Lipinski definition) is 4. The molecule has 160 valence electrons. The lowest BCUT2D eigenvalue weighted by atomic mass is 10.0. The maximum atomic E-state index is 12.5. The van der Waals surface area contributed by atoms with Crippen molar-refractivity contribution in [2.45, 2.75) is 32.2 Å². The van der Waals surface area contributed by atoms with Gasteiger partial charge in [-0.05, 0) is 43.0 Å². The number of hydrogen-bond acceptors (Lipinski definition) is 6. The zero-order chi connectivity index (χ0) is 21.7. The summed E-state index contributed by atoms with van der Waals surface area (Å²) in [6.07, 6.45) is 1.99. The summed E-state index contributed by atoms with van der Waals surface area (Å²) in [4.78, 5) is 26.5. The van der Waals surface area contributed by atoms with Crippen LogP contribution in [-0.4, -0.2) is 57.8 Å². The van der Waals surface area contributed by atoms with E-state index in [0.717, 1.165) is 29.9 Å². The van der Waals surface area contributed by atoms with E-state index in [1.807, 2.05) is 31.2 Å². The molecule has 8 heteroatoms. The third-order valence-electron chi connectivity index (χ3n) is 5.22. The normalized spacial score (nSPS) is 14.4. The highest BCUT2D eigenvalue weighted by Crippen LogP contribution is 2.35. The summed E-state index contributed by atoms with van der Waals surface area (Å²) in [6.45, 7) is 2.99. The van der Waals surface area contributed by atoms with E-state index in [9.17, 15) is 24.9 Å². The summed E-state index contributed by atoms with van der Waals surface area (Å²) in [5.41, 5.74) is 1.10. The second-order valence-electron chi connectivity index (χ2n) is 7.24. The molecule has 2 aromatic carbocycles. The van der Waals surface area contributed by atoms with E-state index in [0.29, 0.717) is 25.9 Å². The van der Waals surface area contributed by atoms with Crippen LogP contribution in [0, 0.1) is 0 Å². The number of aromatic hydroxyl groups is 3. The van der Waals surface area contributed by atoms with Gasteiger partial charge in [-0.1, -0.05) is 25.1 Å². The molecule has 0 aliphatic carbocycles. The first-order chi connectivity index (χ1) is 14.4. The fourth-order valence-corrected chi connectivity index (χ4v) is 3.44. The minimum atomic E-state index is -0.665. The molecule has 8 nitrogen and oxygen atoms in total. The van der Waals surface area contributed by atoms with Crippen molar-refractivity contribution in [1.82, 2.24) is 10.2 Å². The number of carbonyl (C=O) groups excluding carboxylic acids is 2. The summed E-state index contributed by atoms with van der Waals surface area (Å²) >= 11 is 0. The number of amides is 2. The van der Waals surface area contributed by atoms with Crippen LogP contribution in [0.5, 0.6) is 23.0 Å². The fraction of sp³-hybridized carbons (Fsp3) is 0.364. The average molecular weight is 414 g/mol. The highest BCUT2D eigenvalue weighted by atomic mass is 16.5. The third kappa shape index (κ3) is 4.94. The van der Waals surface area contributed by atoms with Crippen LogP contribution in [0.15, 0.2) is 36.4 Å². The minimum absolute atomic E-state index is 0.0277. The molecule has 1 fully saturated rings. The van der Waals surface area contributed by atoms with Gasteiger partial charge in [0.2, 0.25) is 0 Å². The van der Waals surface area contributed by atoms with Crippen molar-refractivity contribution < 1.29 is 29.6 Å². The Morgan fingerprint density at radius 1 is 1.10 bits per heavy atom. The molecule has 0 saturated carbocycles. The number of phenolic OH excluding ortho intramolecular Hbond substituents is 3. The van der Waals surface area contributed by atoms with Crippen LogP contribution in [0.2, 0.25) is 0 Å². The van der Waals surface area contributed by atoms with E-state index in [4.69, 9.17) is 4.74 Å². The molecule has 1 saturated heterocycles. The number of nitrogens with one attached hydrogen (secondary N) is 1. The van der Waals surface area contributed by atoms with Crippen molar-refractivity contribution >= 4 is 11.8 Å². The second kappa shape index (κ2) is 9.39. The zero-order valence-electron chi connectivity index (χ0n) is 16.8. The molecule has 1 aliphatic rings. The largest absolute Gasteiger partial charge is 0.504 e. The van der Waals surface area contributed by atoms with Crippen molar-refractivity contribution in [3.05, 3.63) is 47.5 Å². The molecule has 2 aromatic rings. The van der Waals surface area contributed by atoms with Gasteiger partial charge in [-0.15, -0.1) is 0 Å². The van der Waals surface area contributed by atoms with Crippen LogP contribution < -0.4 is 10.1 Å². The van der Waals surface area contributed by atoms with Crippen LogP contribution in [0.25, 0.3) is 0 Å². The summed E-state index contributed by atoms with van der Waals surface area (Å²) < 4.78 is 5.70. The van der Waals surface area contributed by atoms with Gasteiger partial charge in [0.05, 0.1) is 0 Å². The molecule has 0 bridgehead atoms. The number of rotatable bonds is 6. The van der Waals surface area contributed by atoms with Crippen molar-refractivity contribution in [2.75, 3.05) is 19.7 Å². The van der Waals surface area contributed by atoms with Gasteiger partial charge in [0.25, 0.3) is 11.8 Å². The molecular formula is C22H26N2O6. The first-order valence-electron chi connectivity index (χ1n) is 9.93. The van der Waals surface area contributed by atoms with Gasteiger partial charge in [-0.25, -0.2) is 0 Å². The highest BCUT2D eigenvalue weighted by molar-refractivity contribution is 5.95. The molecular weight excluding hydrogens is 388 g/mol. The summed E-state index contributed by atoms with van der Waals surface area (Å²) in [7, 11) is 0. The SMILES string of the molecule is CCc1ccccc1OCC(=O)N1CCC(NC(=O)c2cc(O)c(O)c(O)c2)CC1. The Morgan fingerprint density at radius 3 is 2.37 bits per heavy atom. The lowest BCUT2D eigenvalue weighted by Gasteiger charge is -2.32. The van der Waals surface area contributed by atoms with Gasteiger partial charge < -0.3 is 30.3 Å². The van der Waals surface area contributed by atoms with E-state index in [1.165, 1.54) is 0 Å². The van der Waals surface area contributed by atoms with Gasteiger partial charge >= 0.3 is 0 Å². The smallest absolute Gasteiger partial charge is 0.260 e. The lowest BCUT2D eigenvalue weighted by molar-refractivity contribution is -0.134. The number of para-hydroxylation sites is 1. The van der Waals surface area contributed by atoms with Gasteiger partial charge in [0, 0.05) is 24.7 Å². The molecule has 1 aliphatic heterocycles. The molecule has 0 radical (unpaired) electrons. The summed E-state index contributed by atoms with van der Waals surface area (Å²) in [5, 5.41) is 31.3. The van der Waals surface area contributed by atoms with E-state index in [-0.39, 0.29) is 24.1 Å². The molecule has 3 rings (SSSR count). The fourth-order valence-electron chi connectivity index (χ4n) is 3.44. The van der Waals surface area contributed by atoms with Crippen molar-refractivity contribution in [2.24, 2.45) is 0 Å². The minimum Gasteiger partial charge on any atom is -0.504 e. The standard InChI is InChI=1S/C22H26N2O6/c1-2-14-5-3-4-6-19(14)30-13-20(27)24-9-7-16(8-10-24)23-22(29)15-11-17(25)21(28)18(26)12-15/h3-6,11-12,16,25-26,28H,2,7-10,13H2,1H3,(H,23,29). The third-order valence-corrected chi connectivity index (χ3v) is 5.22. The maximum absolute atomic E-state index is 12.5. The van der Waals surface area contributed by atoms with E-state index >= 15 is 0 Å². The number of nitrogens with zero attached hydrogens (tertiary/aromatic N) is 1. The molecule has 0 aromatic heterocycles.